The topological polar surface area (TPSA) is 50.2 Å². The molecule has 1 saturated heterocycles. The molecule has 0 aliphatic carbocycles. The molecule has 0 amide bonds. The average Bonchev–Trinajstić information content (AvgIpc) is 2.78. The number of rotatable bonds is 4. The molecule has 1 aromatic rings. The normalized spacial score (nSPS) is 20.7. The van der Waals surface area contributed by atoms with Crippen LogP contribution in [-0.2, 0) is 7.05 Å². The highest BCUT2D eigenvalue weighted by Gasteiger charge is 2.22. The highest BCUT2D eigenvalue weighted by atomic mass is 16.1. The van der Waals surface area contributed by atoms with Crippen LogP contribution in [0.1, 0.15) is 19.8 Å². The van der Waals surface area contributed by atoms with Crippen LogP contribution in [0.15, 0.2) is 17.2 Å². The minimum absolute atomic E-state index is 0.0615. The van der Waals surface area contributed by atoms with E-state index in [0.29, 0.717) is 11.9 Å². The van der Waals surface area contributed by atoms with Gasteiger partial charge in [-0.15, -0.1) is 0 Å². The van der Waals surface area contributed by atoms with Crippen molar-refractivity contribution in [3.8, 4) is 0 Å². The van der Waals surface area contributed by atoms with Crippen LogP contribution in [0.2, 0.25) is 0 Å². The Kier molecular flexibility index (Phi) is 3.78. The summed E-state index contributed by atoms with van der Waals surface area (Å²) >= 11 is 0. The summed E-state index contributed by atoms with van der Waals surface area (Å²) in [6.07, 6.45) is 5.77. The summed E-state index contributed by atoms with van der Waals surface area (Å²) in [5, 5.41) is 3.17. The summed E-state index contributed by atoms with van der Waals surface area (Å²) in [6, 6.07) is 0.534. The lowest BCUT2D eigenvalue weighted by molar-refractivity contribution is 0.277. The Labute approximate surface area is 101 Å². The number of nitrogens with zero attached hydrogens (tertiary/aromatic N) is 3. The highest BCUT2D eigenvalue weighted by Crippen LogP contribution is 2.16. The van der Waals surface area contributed by atoms with Crippen molar-refractivity contribution in [3.63, 3.8) is 0 Å². The lowest BCUT2D eigenvalue weighted by atomic mass is 10.2. The van der Waals surface area contributed by atoms with Crippen molar-refractivity contribution in [2.24, 2.45) is 7.05 Å². The molecule has 1 aromatic heterocycles. The summed E-state index contributed by atoms with van der Waals surface area (Å²) in [4.78, 5) is 18.3. The van der Waals surface area contributed by atoms with Gasteiger partial charge in [-0.1, -0.05) is 6.92 Å². The van der Waals surface area contributed by atoms with Gasteiger partial charge in [0.1, 0.15) is 0 Å². The van der Waals surface area contributed by atoms with Crippen LogP contribution in [0.25, 0.3) is 0 Å². The molecule has 5 heteroatoms. The number of anilines is 1. The van der Waals surface area contributed by atoms with E-state index in [2.05, 4.69) is 22.1 Å². The second-order valence-corrected chi connectivity index (χ2v) is 4.50. The van der Waals surface area contributed by atoms with Gasteiger partial charge < -0.3 is 9.88 Å². The zero-order valence-electron chi connectivity index (χ0n) is 10.5. The van der Waals surface area contributed by atoms with Crippen molar-refractivity contribution >= 4 is 5.82 Å². The molecule has 0 radical (unpaired) electrons. The molecule has 0 saturated carbocycles. The first-order valence-corrected chi connectivity index (χ1v) is 6.22. The summed E-state index contributed by atoms with van der Waals surface area (Å²) < 4.78 is 1.54. The smallest absolute Gasteiger partial charge is 0.293 e. The SMILES string of the molecule is CCN1CCCC1CNc1nccn(C)c1=O. The molecule has 94 valence electrons. The van der Waals surface area contributed by atoms with Crippen LogP contribution >= 0.6 is 0 Å². The fourth-order valence-corrected chi connectivity index (χ4v) is 2.38. The van der Waals surface area contributed by atoms with Crippen LogP contribution < -0.4 is 10.9 Å². The number of aryl methyl sites for hydroxylation is 1. The maximum Gasteiger partial charge on any atom is 0.293 e. The molecule has 1 unspecified atom stereocenters. The van der Waals surface area contributed by atoms with E-state index in [1.54, 1.807) is 24.0 Å². The average molecular weight is 236 g/mol. The first-order chi connectivity index (χ1) is 8.22. The Morgan fingerprint density at radius 2 is 2.41 bits per heavy atom. The zero-order valence-corrected chi connectivity index (χ0v) is 10.5. The summed E-state index contributed by atoms with van der Waals surface area (Å²) in [6.45, 7) is 5.23. The summed E-state index contributed by atoms with van der Waals surface area (Å²) in [7, 11) is 1.74. The maximum absolute atomic E-state index is 11.7. The maximum atomic E-state index is 11.7. The molecule has 2 rings (SSSR count). The number of nitrogens with one attached hydrogen (secondary N) is 1. The van der Waals surface area contributed by atoms with Gasteiger partial charge in [0, 0.05) is 32.0 Å². The molecule has 0 aromatic carbocycles. The molecule has 5 nitrogen and oxygen atoms in total. The molecule has 1 N–H and O–H groups in total. The predicted molar refractivity (Wildman–Crippen MR) is 68.2 cm³/mol. The number of hydrogen-bond donors (Lipinski definition) is 1. The number of likely N-dealkylation sites (N-methyl/N-ethyl adjacent to an activating group) is 1. The minimum atomic E-state index is -0.0615. The molecular weight excluding hydrogens is 216 g/mol. The second kappa shape index (κ2) is 5.31. The number of likely N-dealkylation sites (tertiary alicyclic amines) is 1. The zero-order chi connectivity index (χ0) is 12.3. The molecule has 1 aliphatic rings. The van der Waals surface area contributed by atoms with Gasteiger partial charge in [0.2, 0.25) is 0 Å². The molecule has 17 heavy (non-hydrogen) atoms. The third kappa shape index (κ3) is 2.66. The first kappa shape index (κ1) is 12.1. The van der Waals surface area contributed by atoms with Crippen molar-refractivity contribution in [1.82, 2.24) is 14.5 Å². The van der Waals surface area contributed by atoms with Gasteiger partial charge in [-0.3, -0.25) is 9.69 Å². The summed E-state index contributed by atoms with van der Waals surface area (Å²) in [5.41, 5.74) is -0.0615. The minimum Gasteiger partial charge on any atom is -0.364 e. The van der Waals surface area contributed by atoms with Crippen LogP contribution in [0, 0.1) is 0 Å². The highest BCUT2D eigenvalue weighted by molar-refractivity contribution is 5.30. The monoisotopic (exact) mass is 236 g/mol. The molecule has 0 bridgehead atoms. The Balaban J connectivity index is 1.98. The predicted octanol–water partition coefficient (Wildman–Crippen LogP) is 0.676. The van der Waals surface area contributed by atoms with Gasteiger partial charge in [0.25, 0.3) is 5.56 Å². The summed E-state index contributed by atoms with van der Waals surface area (Å²) in [5.74, 6) is 0.456. The van der Waals surface area contributed by atoms with Gasteiger partial charge in [0.15, 0.2) is 5.82 Å². The van der Waals surface area contributed by atoms with Crippen molar-refractivity contribution in [2.45, 2.75) is 25.8 Å². The van der Waals surface area contributed by atoms with Crippen LogP contribution in [0.3, 0.4) is 0 Å². The fourth-order valence-electron chi connectivity index (χ4n) is 2.38. The molecular formula is C12H20N4O. The number of hydrogen-bond acceptors (Lipinski definition) is 4. The Bertz CT molecular complexity index is 429. The van der Waals surface area contributed by atoms with Crippen LogP contribution in [0.5, 0.6) is 0 Å². The third-order valence-electron chi connectivity index (χ3n) is 3.43. The van der Waals surface area contributed by atoms with E-state index in [4.69, 9.17) is 0 Å². The van der Waals surface area contributed by atoms with E-state index in [1.807, 2.05) is 0 Å². The van der Waals surface area contributed by atoms with E-state index in [1.165, 1.54) is 19.4 Å². The van der Waals surface area contributed by atoms with E-state index in [0.717, 1.165) is 13.1 Å². The van der Waals surface area contributed by atoms with Crippen LogP contribution in [-0.4, -0.2) is 40.1 Å². The van der Waals surface area contributed by atoms with Gasteiger partial charge >= 0.3 is 0 Å². The molecule has 1 aliphatic heterocycles. The molecule has 0 spiro atoms. The Hall–Kier alpha value is -1.36. The quantitative estimate of drug-likeness (QED) is 0.835. The Morgan fingerprint density at radius 1 is 1.59 bits per heavy atom. The van der Waals surface area contributed by atoms with Gasteiger partial charge in [-0.05, 0) is 25.9 Å². The van der Waals surface area contributed by atoms with E-state index >= 15 is 0 Å². The Morgan fingerprint density at radius 3 is 3.18 bits per heavy atom. The third-order valence-corrected chi connectivity index (χ3v) is 3.43. The van der Waals surface area contributed by atoms with Gasteiger partial charge in [-0.2, -0.15) is 0 Å². The van der Waals surface area contributed by atoms with Crippen LogP contribution in [0.4, 0.5) is 5.82 Å². The van der Waals surface area contributed by atoms with Crippen molar-refractivity contribution in [3.05, 3.63) is 22.7 Å². The van der Waals surface area contributed by atoms with E-state index in [9.17, 15) is 4.79 Å². The lowest BCUT2D eigenvalue weighted by Crippen LogP contribution is -2.36. The second-order valence-electron chi connectivity index (χ2n) is 4.50. The molecule has 2 heterocycles. The molecule has 1 fully saturated rings. The largest absolute Gasteiger partial charge is 0.364 e. The van der Waals surface area contributed by atoms with Crippen molar-refractivity contribution in [1.29, 1.82) is 0 Å². The van der Waals surface area contributed by atoms with E-state index in [-0.39, 0.29) is 5.56 Å². The first-order valence-electron chi connectivity index (χ1n) is 6.22. The lowest BCUT2D eigenvalue weighted by Gasteiger charge is -2.22. The number of aromatic nitrogens is 2. The fraction of sp³-hybridized carbons (Fsp3) is 0.667. The van der Waals surface area contributed by atoms with Gasteiger partial charge in [-0.25, -0.2) is 4.98 Å². The standard InChI is InChI=1S/C12H20N4O/c1-3-16-7-4-5-10(16)9-14-11-12(17)15(2)8-6-13-11/h6,8,10H,3-5,7,9H2,1-2H3,(H,13,14). The van der Waals surface area contributed by atoms with Gasteiger partial charge in [0.05, 0.1) is 0 Å². The van der Waals surface area contributed by atoms with Crippen molar-refractivity contribution < 1.29 is 0 Å². The molecule has 1 atom stereocenters. The van der Waals surface area contributed by atoms with E-state index < -0.39 is 0 Å². The van der Waals surface area contributed by atoms with Crippen molar-refractivity contribution in [2.75, 3.05) is 25.0 Å².